The van der Waals surface area contributed by atoms with Gasteiger partial charge in [0.2, 0.25) is 11.8 Å². The van der Waals surface area contributed by atoms with E-state index < -0.39 is 4.92 Å². The van der Waals surface area contributed by atoms with Gasteiger partial charge >= 0.3 is 0 Å². The van der Waals surface area contributed by atoms with Crippen LogP contribution in [0.1, 0.15) is 19.8 Å². The second kappa shape index (κ2) is 6.48. The number of imide groups is 1. The molecule has 0 aliphatic carbocycles. The molecule has 0 unspecified atom stereocenters. The van der Waals surface area contributed by atoms with Gasteiger partial charge in [-0.2, -0.15) is 0 Å². The lowest BCUT2D eigenvalue weighted by atomic mass is 10.2. The van der Waals surface area contributed by atoms with Crippen molar-refractivity contribution in [2.24, 2.45) is 0 Å². The van der Waals surface area contributed by atoms with Crippen LogP contribution >= 0.6 is 12.2 Å². The van der Waals surface area contributed by atoms with Crippen LogP contribution in [0.4, 0.5) is 11.4 Å². The Morgan fingerprint density at radius 1 is 1.41 bits per heavy atom. The first-order valence-electron chi connectivity index (χ1n) is 6.52. The van der Waals surface area contributed by atoms with E-state index in [4.69, 9.17) is 17.0 Å². The molecule has 0 atom stereocenters. The standard InChI is InChI=1S/C13H13N3O5S/c1-2-21-10-7-8(16(19)20)3-4-9(10)14-13(22)15-11(17)5-6-12(15)18/h3-4,7H,2,5-6H2,1H3,(H,14,22). The molecule has 1 aliphatic heterocycles. The van der Waals surface area contributed by atoms with E-state index in [0.29, 0.717) is 12.3 Å². The highest BCUT2D eigenvalue weighted by atomic mass is 32.1. The van der Waals surface area contributed by atoms with Crippen molar-refractivity contribution in [1.29, 1.82) is 0 Å². The number of carbonyl (C=O) groups excluding carboxylic acids is 2. The topological polar surface area (TPSA) is 102 Å². The molecule has 0 radical (unpaired) electrons. The first-order chi connectivity index (χ1) is 10.4. The maximum atomic E-state index is 11.6. The fourth-order valence-corrected chi connectivity index (χ4v) is 2.29. The molecule has 0 bridgehead atoms. The van der Waals surface area contributed by atoms with E-state index in [2.05, 4.69) is 5.32 Å². The molecule has 1 aromatic rings. The zero-order chi connectivity index (χ0) is 16.3. The predicted octanol–water partition coefficient (Wildman–Crippen LogP) is 1.84. The van der Waals surface area contributed by atoms with E-state index in [1.165, 1.54) is 18.2 Å². The second-order valence-corrected chi connectivity index (χ2v) is 4.81. The number of rotatable bonds is 4. The van der Waals surface area contributed by atoms with Crippen molar-refractivity contribution < 1.29 is 19.2 Å². The Morgan fingerprint density at radius 3 is 2.59 bits per heavy atom. The molecular weight excluding hydrogens is 310 g/mol. The van der Waals surface area contributed by atoms with E-state index >= 15 is 0 Å². The number of nitrogens with zero attached hydrogens (tertiary/aromatic N) is 2. The molecule has 8 nitrogen and oxygen atoms in total. The van der Waals surface area contributed by atoms with Gasteiger partial charge in [0.25, 0.3) is 5.69 Å². The van der Waals surface area contributed by atoms with E-state index in [1.807, 2.05) is 0 Å². The van der Waals surface area contributed by atoms with Crippen molar-refractivity contribution in [3.05, 3.63) is 28.3 Å². The number of amides is 2. The maximum absolute atomic E-state index is 11.6. The number of anilines is 1. The third-order valence-corrected chi connectivity index (χ3v) is 3.26. The summed E-state index contributed by atoms with van der Waals surface area (Å²) in [5.74, 6) is -0.525. The van der Waals surface area contributed by atoms with Crippen LogP contribution in [-0.4, -0.2) is 33.4 Å². The van der Waals surface area contributed by atoms with Crippen molar-refractivity contribution in [3.8, 4) is 5.75 Å². The molecule has 2 amide bonds. The maximum Gasteiger partial charge on any atom is 0.273 e. The van der Waals surface area contributed by atoms with Crippen LogP contribution in [0.5, 0.6) is 5.75 Å². The van der Waals surface area contributed by atoms with Gasteiger partial charge in [-0.3, -0.25) is 19.7 Å². The van der Waals surface area contributed by atoms with Crippen LogP contribution in [0.3, 0.4) is 0 Å². The molecule has 1 aliphatic rings. The summed E-state index contributed by atoms with van der Waals surface area (Å²) < 4.78 is 5.33. The Labute approximate surface area is 131 Å². The highest BCUT2D eigenvalue weighted by Gasteiger charge is 2.32. The summed E-state index contributed by atoms with van der Waals surface area (Å²) in [6.45, 7) is 2.03. The van der Waals surface area contributed by atoms with Crippen LogP contribution in [0.2, 0.25) is 0 Å². The Morgan fingerprint density at radius 2 is 2.05 bits per heavy atom. The molecule has 116 valence electrons. The number of benzene rings is 1. The molecule has 2 rings (SSSR count). The summed E-state index contributed by atoms with van der Waals surface area (Å²) in [6, 6.07) is 3.95. The van der Waals surface area contributed by atoms with Crippen molar-refractivity contribution in [2.45, 2.75) is 19.8 Å². The van der Waals surface area contributed by atoms with Gasteiger partial charge in [0, 0.05) is 18.9 Å². The Balaban J connectivity index is 2.24. The second-order valence-electron chi connectivity index (χ2n) is 4.42. The van der Waals surface area contributed by atoms with Gasteiger partial charge in [0.05, 0.1) is 23.3 Å². The smallest absolute Gasteiger partial charge is 0.273 e. The molecular formula is C13H13N3O5S. The number of nitro benzene ring substituents is 1. The SMILES string of the molecule is CCOc1cc([N+](=O)[O-])ccc1NC(=S)N1C(=O)CCC1=O. The van der Waals surface area contributed by atoms with Crippen LogP contribution in [0.25, 0.3) is 0 Å². The number of nitro groups is 1. The minimum absolute atomic E-state index is 0.0673. The Bertz CT molecular complexity index is 645. The van der Waals surface area contributed by atoms with Crippen LogP contribution in [0, 0.1) is 10.1 Å². The number of non-ortho nitro benzene ring substituents is 1. The highest BCUT2D eigenvalue weighted by Crippen LogP contribution is 2.30. The van der Waals surface area contributed by atoms with Crippen molar-refractivity contribution >= 4 is 40.5 Å². The molecule has 22 heavy (non-hydrogen) atoms. The Kier molecular flexibility index (Phi) is 4.66. The molecule has 0 saturated carbocycles. The summed E-state index contributed by atoms with van der Waals surface area (Å²) >= 11 is 5.06. The number of likely N-dealkylation sites (tertiary alicyclic amines) is 1. The fraction of sp³-hybridized carbons (Fsp3) is 0.308. The zero-order valence-corrected chi connectivity index (χ0v) is 12.5. The van der Waals surface area contributed by atoms with Gasteiger partial charge in [-0.05, 0) is 25.2 Å². The average molecular weight is 323 g/mol. The minimum atomic E-state index is -0.544. The fourth-order valence-electron chi connectivity index (χ4n) is 1.98. The summed E-state index contributed by atoms with van der Waals surface area (Å²) in [6.07, 6.45) is 0.248. The molecule has 9 heteroatoms. The monoisotopic (exact) mass is 323 g/mol. The van der Waals surface area contributed by atoms with Gasteiger partial charge in [0.15, 0.2) is 5.11 Å². The average Bonchev–Trinajstić information content (AvgIpc) is 2.80. The number of thiocarbonyl (C=S) groups is 1. The largest absolute Gasteiger partial charge is 0.491 e. The van der Waals surface area contributed by atoms with Crippen LogP contribution < -0.4 is 10.1 Å². The first-order valence-corrected chi connectivity index (χ1v) is 6.93. The van der Waals surface area contributed by atoms with Gasteiger partial charge in [-0.1, -0.05) is 0 Å². The van der Waals surface area contributed by atoms with E-state index in [0.717, 1.165) is 4.90 Å². The molecule has 1 fully saturated rings. The van der Waals surface area contributed by atoms with E-state index in [9.17, 15) is 19.7 Å². The molecule has 1 saturated heterocycles. The van der Waals surface area contributed by atoms with Crippen molar-refractivity contribution in [3.63, 3.8) is 0 Å². The van der Waals surface area contributed by atoms with Crippen molar-refractivity contribution in [2.75, 3.05) is 11.9 Å². The number of hydrogen-bond acceptors (Lipinski definition) is 6. The summed E-state index contributed by atoms with van der Waals surface area (Å²) in [5, 5.41) is 13.5. The third-order valence-electron chi connectivity index (χ3n) is 2.97. The predicted molar refractivity (Wildman–Crippen MR) is 81.6 cm³/mol. The molecule has 1 aromatic carbocycles. The number of ether oxygens (including phenoxy) is 1. The third kappa shape index (κ3) is 3.19. The van der Waals surface area contributed by atoms with Crippen LogP contribution in [-0.2, 0) is 9.59 Å². The van der Waals surface area contributed by atoms with Gasteiger partial charge in [-0.15, -0.1) is 0 Å². The summed E-state index contributed by atoms with van der Waals surface area (Å²) in [4.78, 5) is 34.4. The quantitative estimate of drug-likeness (QED) is 0.390. The van der Waals surface area contributed by atoms with E-state index in [1.54, 1.807) is 6.92 Å². The molecule has 0 spiro atoms. The van der Waals surface area contributed by atoms with E-state index in [-0.39, 0.29) is 41.2 Å². The number of carbonyl (C=O) groups is 2. The minimum Gasteiger partial charge on any atom is -0.491 e. The van der Waals surface area contributed by atoms with Gasteiger partial charge < -0.3 is 10.1 Å². The van der Waals surface area contributed by atoms with Crippen LogP contribution in [0.15, 0.2) is 18.2 Å². The van der Waals surface area contributed by atoms with Crippen molar-refractivity contribution in [1.82, 2.24) is 4.90 Å². The lowest BCUT2D eigenvalue weighted by Gasteiger charge is -2.18. The number of nitrogens with one attached hydrogen (secondary N) is 1. The lowest BCUT2D eigenvalue weighted by Crippen LogP contribution is -2.38. The Hall–Kier alpha value is -2.55. The lowest BCUT2D eigenvalue weighted by molar-refractivity contribution is -0.384. The summed E-state index contributed by atoms with van der Waals surface area (Å²) in [5.41, 5.74) is 0.221. The molecule has 1 N–H and O–H groups in total. The van der Waals surface area contributed by atoms with Gasteiger partial charge in [0.1, 0.15) is 5.75 Å². The molecule has 1 heterocycles. The zero-order valence-electron chi connectivity index (χ0n) is 11.7. The van der Waals surface area contributed by atoms with Gasteiger partial charge in [-0.25, -0.2) is 4.90 Å². The normalized spacial score (nSPS) is 14.1. The summed E-state index contributed by atoms with van der Waals surface area (Å²) in [7, 11) is 0. The first kappa shape index (κ1) is 15.8. The number of hydrogen-bond donors (Lipinski definition) is 1. The molecule has 0 aromatic heterocycles. The highest BCUT2D eigenvalue weighted by molar-refractivity contribution is 7.80.